The van der Waals surface area contributed by atoms with Crippen LogP contribution in [0, 0.1) is 0 Å². The van der Waals surface area contributed by atoms with E-state index in [9.17, 15) is 29.1 Å². The summed E-state index contributed by atoms with van der Waals surface area (Å²) in [4.78, 5) is 62.4. The molecule has 172 valence electrons. The maximum atomic E-state index is 11.9. The third-order valence-corrected chi connectivity index (χ3v) is 4.38. The Morgan fingerprint density at radius 3 is 1.71 bits per heavy atom. The van der Waals surface area contributed by atoms with Crippen LogP contribution in [0.5, 0.6) is 0 Å². The average molecular weight is 439 g/mol. The number of carbonyl (C=O) groups excluding carboxylic acids is 2. The molecule has 2 unspecified atom stereocenters. The van der Waals surface area contributed by atoms with Crippen LogP contribution in [0.2, 0.25) is 0 Å². The first-order chi connectivity index (χ1) is 14.2. The molecule has 0 saturated carbocycles. The molecule has 0 aliphatic carbocycles. The topological polar surface area (TPSA) is 161 Å². The summed E-state index contributed by atoms with van der Waals surface area (Å²) in [5.41, 5.74) is -4.02. The molecule has 0 amide bonds. The summed E-state index contributed by atoms with van der Waals surface area (Å²) in [7, 11) is 0. The highest BCUT2D eigenvalue weighted by molar-refractivity contribution is 5.87. The summed E-state index contributed by atoms with van der Waals surface area (Å²) >= 11 is 0. The van der Waals surface area contributed by atoms with Gasteiger partial charge in [-0.15, -0.1) is 0 Å². The van der Waals surface area contributed by atoms with Gasteiger partial charge >= 0.3 is 29.0 Å². The molecule has 0 radical (unpaired) electrons. The van der Waals surface area contributed by atoms with Gasteiger partial charge in [-0.3, -0.25) is 9.97 Å². The third-order valence-electron chi connectivity index (χ3n) is 4.38. The number of ether oxygens (including phenoxy) is 2. The highest BCUT2D eigenvalue weighted by atomic mass is 16.5. The molecule has 0 aromatic carbocycles. The monoisotopic (exact) mass is 439 g/mol. The molecule has 1 aromatic rings. The zero-order valence-electron chi connectivity index (χ0n) is 18.1. The Morgan fingerprint density at radius 2 is 1.35 bits per heavy atom. The van der Waals surface area contributed by atoms with Crippen molar-refractivity contribution in [2.24, 2.45) is 0 Å². The van der Waals surface area contributed by atoms with Crippen molar-refractivity contribution >= 4 is 11.9 Å². The molecule has 1 rings (SSSR count). The first-order valence-corrected chi connectivity index (χ1v) is 9.63. The van der Waals surface area contributed by atoms with E-state index in [0.717, 1.165) is 4.57 Å². The van der Waals surface area contributed by atoms with Crippen LogP contribution in [0.4, 0.5) is 0 Å². The Labute approximate surface area is 178 Å². The van der Waals surface area contributed by atoms with Crippen molar-refractivity contribution in [1.82, 2.24) is 14.5 Å². The molecule has 0 bridgehead atoms. The van der Waals surface area contributed by atoms with Crippen molar-refractivity contribution in [2.75, 3.05) is 0 Å². The number of esters is 2. The summed E-state index contributed by atoms with van der Waals surface area (Å²) < 4.78 is 11.2. The zero-order valence-corrected chi connectivity index (χ0v) is 18.1. The van der Waals surface area contributed by atoms with E-state index in [1.54, 1.807) is 13.8 Å². The first kappa shape index (κ1) is 25.8. The summed E-state index contributed by atoms with van der Waals surface area (Å²) in [6.07, 6.45) is -1.77. The van der Waals surface area contributed by atoms with E-state index in [1.807, 2.05) is 9.97 Å². The smallest absolute Gasteiger partial charge is 0.333 e. The van der Waals surface area contributed by atoms with Crippen molar-refractivity contribution in [3.05, 3.63) is 55.8 Å². The molecule has 0 saturated heterocycles. The van der Waals surface area contributed by atoms with Crippen LogP contribution in [0.25, 0.3) is 0 Å². The summed E-state index contributed by atoms with van der Waals surface area (Å²) in [5.74, 6) is -1.27. The van der Waals surface area contributed by atoms with Gasteiger partial charge in [0.1, 0.15) is 12.2 Å². The lowest BCUT2D eigenvalue weighted by molar-refractivity contribution is -0.150. The Balaban J connectivity index is 3.07. The van der Waals surface area contributed by atoms with E-state index in [4.69, 9.17) is 9.47 Å². The summed E-state index contributed by atoms with van der Waals surface area (Å²) in [6.45, 7) is 12.8. The standard InChI is InChI=1S/C20H29N3O8/c1-11(2)15(24)30-13(5)9-20(29,10-14(6)31-16(25)12(3)4)7-8-23-18(27)21-17(26)22-19(23)28/h13-14,29H,1,3,7-10H2,2,4-6H3,(H2,21,22,26,27,28). The molecule has 0 spiro atoms. The number of carbonyl (C=O) groups is 2. The minimum Gasteiger partial charge on any atom is -0.459 e. The van der Waals surface area contributed by atoms with Crippen LogP contribution in [-0.2, 0) is 25.6 Å². The van der Waals surface area contributed by atoms with Gasteiger partial charge in [-0.05, 0) is 34.1 Å². The molecule has 3 N–H and O–H groups in total. The van der Waals surface area contributed by atoms with Gasteiger partial charge in [0.15, 0.2) is 0 Å². The van der Waals surface area contributed by atoms with Crippen molar-refractivity contribution < 1.29 is 24.2 Å². The van der Waals surface area contributed by atoms with E-state index in [0.29, 0.717) is 0 Å². The maximum Gasteiger partial charge on any atom is 0.333 e. The average Bonchev–Trinajstić information content (AvgIpc) is 2.59. The molecule has 11 nitrogen and oxygen atoms in total. The highest BCUT2D eigenvalue weighted by Crippen LogP contribution is 2.27. The number of nitrogens with zero attached hydrogens (tertiary/aromatic N) is 1. The number of H-pyrrole nitrogens is 2. The summed E-state index contributed by atoms with van der Waals surface area (Å²) in [5, 5.41) is 11.2. The molecule has 2 atom stereocenters. The quantitative estimate of drug-likeness (QED) is 0.324. The molecule has 31 heavy (non-hydrogen) atoms. The predicted molar refractivity (Wildman–Crippen MR) is 111 cm³/mol. The van der Waals surface area contributed by atoms with Gasteiger partial charge in [0, 0.05) is 30.5 Å². The fraction of sp³-hybridized carbons (Fsp3) is 0.550. The van der Waals surface area contributed by atoms with E-state index in [2.05, 4.69) is 13.2 Å². The predicted octanol–water partition coefficient (Wildman–Crippen LogP) is 0.142. The van der Waals surface area contributed by atoms with Gasteiger partial charge in [0.05, 0.1) is 5.60 Å². The Kier molecular flexibility index (Phi) is 8.92. The maximum absolute atomic E-state index is 11.9. The number of aliphatic hydroxyl groups is 1. The Morgan fingerprint density at radius 1 is 0.968 bits per heavy atom. The van der Waals surface area contributed by atoms with Crippen molar-refractivity contribution in [3.8, 4) is 0 Å². The van der Waals surface area contributed by atoms with E-state index in [1.165, 1.54) is 13.8 Å². The second kappa shape index (κ2) is 10.7. The van der Waals surface area contributed by atoms with Crippen LogP contribution >= 0.6 is 0 Å². The Bertz CT molecular complexity index is 946. The number of hydrogen-bond acceptors (Lipinski definition) is 8. The molecular formula is C20H29N3O8. The van der Waals surface area contributed by atoms with E-state index >= 15 is 0 Å². The van der Waals surface area contributed by atoms with Gasteiger partial charge in [-0.25, -0.2) is 28.5 Å². The molecule has 0 aliphatic heterocycles. The van der Waals surface area contributed by atoms with Crippen LogP contribution in [-0.4, -0.2) is 49.4 Å². The lowest BCUT2D eigenvalue weighted by atomic mass is 9.87. The van der Waals surface area contributed by atoms with Crippen LogP contribution in [0.1, 0.15) is 47.0 Å². The molecule has 1 heterocycles. The van der Waals surface area contributed by atoms with Crippen molar-refractivity contribution in [1.29, 1.82) is 0 Å². The number of rotatable bonds is 11. The third kappa shape index (κ3) is 8.21. The summed E-state index contributed by atoms with van der Waals surface area (Å²) in [6, 6.07) is 0. The highest BCUT2D eigenvalue weighted by Gasteiger charge is 2.34. The van der Waals surface area contributed by atoms with Gasteiger partial charge in [0.2, 0.25) is 0 Å². The molecular weight excluding hydrogens is 410 g/mol. The van der Waals surface area contributed by atoms with Crippen LogP contribution < -0.4 is 17.1 Å². The van der Waals surface area contributed by atoms with Crippen molar-refractivity contribution in [2.45, 2.75) is 71.3 Å². The lowest BCUT2D eigenvalue weighted by Crippen LogP contribution is -2.46. The number of hydrogen-bond donors (Lipinski definition) is 3. The zero-order chi connectivity index (χ0) is 23.9. The second-order valence-electron chi connectivity index (χ2n) is 7.72. The Hall–Kier alpha value is -3.21. The van der Waals surface area contributed by atoms with Gasteiger partial charge in [0.25, 0.3) is 0 Å². The minimum atomic E-state index is -1.59. The second-order valence-corrected chi connectivity index (χ2v) is 7.72. The first-order valence-electron chi connectivity index (χ1n) is 9.63. The van der Waals surface area contributed by atoms with Gasteiger partial charge < -0.3 is 14.6 Å². The number of nitrogens with one attached hydrogen (secondary N) is 2. The van der Waals surface area contributed by atoms with E-state index < -0.39 is 46.8 Å². The van der Waals surface area contributed by atoms with E-state index in [-0.39, 0.29) is 37.0 Å². The minimum absolute atomic E-state index is 0.0724. The largest absolute Gasteiger partial charge is 0.459 e. The molecule has 1 aromatic heterocycles. The molecule has 0 aliphatic rings. The van der Waals surface area contributed by atoms with Gasteiger partial charge in [-0.2, -0.15) is 0 Å². The fourth-order valence-corrected chi connectivity index (χ4v) is 2.98. The number of aromatic nitrogens is 3. The molecule has 11 heteroatoms. The van der Waals surface area contributed by atoms with Crippen molar-refractivity contribution in [3.63, 3.8) is 0 Å². The lowest BCUT2D eigenvalue weighted by Gasteiger charge is -2.33. The fourth-order valence-electron chi connectivity index (χ4n) is 2.98. The van der Waals surface area contributed by atoms with Crippen LogP contribution in [0.15, 0.2) is 38.7 Å². The normalized spacial score (nSPS) is 14.7. The van der Waals surface area contributed by atoms with Crippen LogP contribution in [0.3, 0.4) is 0 Å². The van der Waals surface area contributed by atoms with Gasteiger partial charge in [-0.1, -0.05) is 13.2 Å². The SMILES string of the molecule is C=C(C)C(=O)OC(C)CC(O)(CCn1c(=O)[nH]c(=O)[nH]c1=O)CC(C)OC(=O)C(=C)C. The molecule has 0 fully saturated rings. The number of aromatic amines is 2.